The van der Waals surface area contributed by atoms with Gasteiger partial charge in [0.1, 0.15) is 0 Å². The van der Waals surface area contributed by atoms with Crippen LogP contribution in [0.15, 0.2) is 0 Å². The van der Waals surface area contributed by atoms with Crippen LogP contribution in [0, 0.1) is 11.8 Å². The second kappa shape index (κ2) is 5.88. The minimum Gasteiger partial charge on any atom is -0.345 e. The molecule has 1 rings (SSSR count). The fraction of sp³-hybridized carbons (Fsp3) is 0.917. The van der Waals surface area contributed by atoms with Crippen LogP contribution in [0.3, 0.4) is 0 Å². The van der Waals surface area contributed by atoms with Gasteiger partial charge in [-0.15, -0.1) is 0 Å². The molecule has 88 valence electrons. The highest BCUT2D eigenvalue weighted by atomic mass is 79.9. The zero-order chi connectivity index (χ0) is 11.4. The average molecular weight is 276 g/mol. The van der Waals surface area contributed by atoms with E-state index in [4.69, 9.17) is 0 Å². The molecular formula is C12H22BrNO. The lowest BCUT2D eigenvalue weighted by atomic mass is 9.85. The first-order valence-corrected chi connectivity index (χ1v) is 6.78. The summed E-state index contributed by atoms with van der Waals surface area (Å²) in [5.74, 6) is 1.65. The number of halogens is 1. The van der Waals surface area contributed by atoms with Gasteiger partial charge < -0.3 is 4.90 Å². The summed E-state index contributed by atoms with van der Waals surface area (Å²) >= 11 is 3.57. The van der Waals surface area contributed by atoms with Crippen LogP contribution in [-0.4, -0.2) is 29.2 Å². The molecule has 0 aliphatic heterocycles. The highest BCUT2D eigenvalue weighted by Crippen LogP contribution is 2.33. The third-order valence-electron chi connectivity index (χ3n) is 3.07. The summed E-state index contributed by atoms with van der Waals surface area (Å²) < 4.78 is 0. The maximum atomic E-state index is 11.7. The van der Waals surface area contributed by atoms with Gasteiger partial charge in [-0.1, -0.05) is 29.8 Å². The van der Waals surface area contributed by atoms with Crippen molar-refractivity contribution in [3.8, 4) is 0 Å². The maximum Gasteiger partial charge on any atom is 0.222 e. The van der Waals surface area contributed by atoms with Crippen molar-refractivity contribution in [2.24, 2.45) is 11.8 Å². The van der Waals surface area contributed by atoms with E-state index < -0.39 is 0 Å². The lowest BCUT2D eigenvalue weighted by Gasteiger charge is -2.34. The molecule has 0 bridgehead atoms. The third-order valence-corrected chi connectivity index (χ3v) is 3.82. The fourth-order valence-corrected chi connectivity index (χ4v) is 2.95. The van der Waals surface area contributed by atoms with Gasteiger partial charge >= 0.3 is 0 Å². The molecule has 3 heteroatoms. The van der Waals surface area contributed by atoms with Crippen molar-refractivity contribution in [3.05, 3.63) is 0 Å². The van der Waals surface area contributed by atoms with E-state index in [1.807, 2.05) is 11.9 Å². The van der Waals surface area contributed by atoms with Crippen LogP contribution in [0.1, 0.15) is 39.5 Å². The van der Waals surface area contributed by atoms with Gasteiger partial charge in [0, 0.05) is 24.8 Å². The molecule has 2 nitrogen and oxygen atoms in total. The SMILES string of the molecule is CC(C)CCC(=O)N(C)CC1CC(Br)C1. The summed E-state index contributed by atoms with van der Waals surface area (Å²) in [6, 6.07) is 0. The van der Waals surface area contributed by atoms with E-state index in [1.54, 1.807) is 0 Å². The molecule has 0 aromatic heterocycles. The predicted octanol–water partition coefficient (Wildman–Crippen LogP) is 3.05. The quantitative estimate of drug-likeness (QED) is 0.707. The number of hydrogen-bond acceptors (Lipinski definition) is 1. The van der Waals surface area contributed by atoms with Crippen molar-refractivity contribution >= 4 is 21.8 Å². The number of hydrogen-bond donors (Lipinski definition) is 0. The third kappa shape index (κ3) is 4.54. The number of carbonyl (C=O) groups is 1. The minimum absolute atomic E-state index is 0.307. The van der Waals surface area contributed by atoms with Crippen LogP contribution >= 0.6 is 15.9 Å². The highest BCUT2D eigenvalue weighted by Gasteiger charge is 2.28. The smallest absolute Gasteiger partial charge is 0.222 e. The molecule has 1 saturated carbocycles. The number of carbonyl (C=O) groups excluding carboxylic acids is 1. The first-order valence-electron chi connectivity index (χ1n) is 5.87. The average Bonchev–Trinajstić information content (AvgIpc) is 2.11. The summed E-state index contributed by atoms with van der Waals surface area (Å²) in [5, 5.41) is 0. The Balaban J connectivity index is 2.15. The van der Waals surface area contributed by atoms with E-state index >= 15 is 0 Å². The molecule has 0 saturated heterocycles. The molecule has 0 atom stereocenters. The van der Waals surface area contributed by atoms with Crippen LogP contribution in [-0.2, 0) is 4.79 Å². The number of nitrogens with zero attached hydrogens (tertiary/aromatic N) is 1. The van der Waals surface area contributed by atoms with Crippen molar-refractivity contribution in [1.82, 2.24) is 4.90 Å². The van der Waals surface area contributed by atoms with Gasteiger partial charge in [0.2, 0.25) is 5.91 Å². The molecule has 1 fully saturated rings. The summed E-state index contributed by atoms with van der Waals surface area (Å²) in [7, 11) is 1.93. The van der Waals surface area contributed by atoms with Gasteiger partial charge in [-0.05, 0) is 31.1 Å². The van der Waals surface area contributed by atoms with Crippen LogP contribution in [0.4, 0.5) is 0 Å². The molecule has 0 aromatic rings. The Hall–Kier alpha value is -0.0500. The minimum atomic E-state index is 0.307. The first-order chi connectivity index (χ1) is 6.99. The van der Waals surface area contributed by atoms with E-state index in [1.165, 1.54) is 12.8 Å². The summed E-state index contributed by atoms with van der Waals surface area (Å²) in [5.41, 5.74) is 0. The second-order valence-corrected chi connectivity index (χ2v) is 6.44. The normalized spacial score (nSPS) is 25.1. The molecule has 0 spiro atoms. The van der Waals surface area contributed by atoms with Gasteiger partial charge in [0.25, 0.3) is 0 Å². The Kier molecular flexibility index (Phi) is 5.10. The van der Waals surface area contributed by atoms with Gasteiger partial charge in [0.05, 0.1) is 0 Å². The van der Waals surface area contributed by atoms with Crippen molar-refractivity contribution in [2.45, 2.75) is 44.4 Å². The standard InChI is InChI=1S/C12H22BrNO/c1-9(2)4-5-12(15)14(3)8-10-6-11(13)7-10/h9-11H,4-8H2,1-3H3. The Labute approximate surface area is 102 Å². The van der Waals surface area contributed by atoms with E-state index in [9.17, 15) is 4.79 Å². The van der Waals surface area contributed by atoms with E-state index in [0.29, 0.717) is 23.1 Å². The van der Waals surface area contributed by atoms with Crippen LogP contribution in [0.2, 0.25) is 0 Å². The Morgan fingerprint density at radius 1 is 1.47 bits per heavy atom. The molecule has 0 radical (unpaired) electrons. The number of rotatable bonds is 5. The molecule has 0 N–H and O–H groups in total. The van der Waals surface area contributed by atoms with Crippen molar-refractivity contribution in [1.29, 1.82) is 0 Å². The van der Waals surface area contributed by atoms with Gasteiger partial charge in [-0.2, -0.15) is 0 Å². The lowest BCUT2D eigenvalue weighted by molar-refractivity contribution is -0.131. The van der Waals surface area contributed by atoms with Gasteiger partial charge in [-0.3, -0.25) is 4.79 Å². The summed E-state index contributed by atoms with van der Waals surface area (Å²) in [6.45, 7) is 5.27. The second-order valence-electron chi connectivity index (χ2n) is 5.14. The predicted molar refractivity (Wildman–Crippen MR) is 67.1 cm³/mol. The molecule has 0 aromatic carbocycles. The van der Waals surface area contributed by atoms with Crippen molar-refractivity contribution in [2.75, 3.05) is 13.6 Å². The summed E-state index contributed by atoms with van der Waals surface area (Å²) in [4.78, 5) is 14.3. The number of alkyl halides is 1. The zero-order valence-corrected chi connectivity index (χ0v) is 11.6. The van der Waals surface area contributed by atoms with E-state index in [-0.39, 0.29) is 0 Å². The topological polar surface area (TPSA) is 20.3 Å². The Bertz CT molecular complexity index is 212. The van der Waals surface area contributed by atoms with Crippen LogP contribution in [0.5, 0.6) is 0 Å². The summed E-state index contributed by atoms with van der Waals surface area (Å²) in [6.07, 6.45) is 4.16. The van der Waals surface area contributed by atoms with Crippen LogP contribution < -0.4 is 0 Å². The zero-order valence-electron chi connectivity index (χ0n) is 10.0. The number of amides is 1. The highest BCUT2D eigenvalue weighted by molar-refractivity contribution is 9.09. The molecule has 15 heavy (non-hydrogen) atoms. The molecule has 1 aliphatic rings. The fourth-order valence-electron chi connectivity index (χ4n) is 1.90. The Morgan fingerprint density at radius 2 is 2.07 bits per heavy atom. The van der Waals surface area contributed by atoms with Gasteiger partial charge in [0.15, 0.2) is 0 Å². The Morgan fingerprint density at radius 3 is 2.53 bits per heavy atom. The monoisotopic (exact) mass is 275 g/mol. The molecule has 1 aliphatic carbocycles. The molecule has 0 unspecified atom stereocenters. The lowest BCUT2D eigenvalue weighted by Crippen LogP contribution is -2.37. The van der Waals surface area contributed by atoms with Crippen molar-refractivity contribution < 1.29 is 4.79 Å². The molecular weight excluding hydrogens is 254 g/mol. The molecule has 0 heterocycles. The van der Waals surface area contributed by atoms with Gasteiger partial charge in [-0.25, -0.2) is 0 Å². The maximum absolute atomic E-state index is 11.7. The van der Waals surface area contributed by atoms with Crippen molar-refractivity contribution in [3.63, 3.8) is 0 Å². The van der Waals surface area contributed by atoms with Crippen LogP contribution in [0.25, 0.3) is 0 Å². The first kappa shape index (κ1) is 13.0. The van der Waals surface area contributed by atoms with E-state index in [0.717, 1.165) is 18.9 Å². The molecule has 1 amide bonds. The van der Waals surface area contributed by atoms with E-state index in [2.05, 4.69) is 29.8 Å². The largest absolute Gasteiger partial charge is 0.345 e.